The van der Waals surface area contributed by atoms with Crippen molar-refractivity contribution in [3.63, 3.8) is 0 Å². The Morgan fingerprint density at radius 2 is 0.833 bits per heavy atom. The quantitative estimate of drug-likeness (QED) is 0.150. The highest BCUT2D eigenvalue weighted by molar-refractivity contribution is 6.17. The molecule has 2 nitrogen and oxygen atoms in total. The van der Waals surface area contributed by atoms with Crippen molar-refractivity contribution in [2.45, 2.75) is 0 Å². The predicted molar refractivity (Wildman–Crippen MR) is 255 cm³/mol. The van der Waals surface area contributed by atoms with Crippen LogP contribution in [-0.4, -0.2) is 4.57 Å². The van der Waals surface area contributed by atoms with E-state index in [1.54, 1.807) is 0 Å². The molecular weight excluding hydrogens is 725 g/mol. The molecule has 282 valence electrons. The van der Waals surface area contributed by atoms with Crippen LogP contribution in [0.15, 0.2) is 243 Å². The smallest absolute Gasteiger partial charge is 0.0547 e. The van der Waals surface area contributed by atoms with Gasteiger partial charge in [-0.1, -0.05) is 188 Å². The third-order valence-electron chi connectivity index (χ3n) is 11.8. The second kappa shape index (κ2) is 15.1. The van der Waals surface area contributed by atoms with E-state index < -0.39 is 0 Å². The molecule has 0 N–H and O–H groups in total. The van der Waals surface area contributed by atoms with Crippen LogP contribution >= 0.6 is 0 Å². The summed E-state index contributed by atoms with van der Waals surface area (Å²) >= 11 is 0. The number of aromatic nitrogens is 1. The Hall–Kier alpha value is -7.94. The van der Waals surface area contributed by atoms with Crippen LogP contribution in [0, 0.1) is 0 Å². The molecule has 0 aliphatic heterocycles. The second-order valence-corrected chi connectivity index (χ2v) is 15.3. The lowest BCUT2D eigenvalue weighted by Crippen LogP contribution is -2.11. The van der Waals surface area contributed by atoms with Crippen LogP contribution < -0.4 is 4.90 Å². The molecule has 11 aromatic rings. The Balaban J connectivity index is 1.02. The summed E-state index contributed by atoms with van der Waals surface area (Å²) in [6.45, 7) is 0. The first kappa shape index (κ1) is 35.2. The zero-order valence-corrected chi connectivity index (χ0v) is 33.0. The number of hydrogen-bond donors (Lipinski definition) is 0. The van der Waals surface area contributed by atoms with E-state index in [0.717, 1.165) is 22.7 Å². The molecule has 0 saturated carbocycles. The lowest BCUT2D eigenvalue weighted by Gasteiger charge is -2.28. The molecule has 0 aliphatic rings. The van der Waals surface area contributed by atoms with Gasteiger partial charge in [0.05, 0.1) is 22.4 Å². The van der Waals surface area contributed by atoms with Gasteiger partial charge in [0.15, 0.2) is 0 Å². The van der Waals surface area contributed by atoms with Gasteiger partial charge in [-0.05, 0) is 98.8 Å². The topological polar surface area (TPSA) is 8.17 Å². The first-order valence-corrected chi connectivity index (χ1v) is 20.6. The van der Waals surface area contributed by atoms with Gasteiger partial charge >= 0.3 is 0 Å². The number of anilines is 3. The summed E-state index contributed by atoms with van der Waals surface area (Å²) < 4.78 is 2.45. The highest BCUT2D eigenvalue weighted by atomic mass is 15.1. The van der Waals surface area contributed by atoms with Gasteiger partial charge in [0, 0.05) is 33.3 Å². The van der Waals surface area contributed by atoms with Crippen molar-refractivity contribution in [1.82, 2.24) is 4.57 Å². The lowest BCUT2D eigenvalue weighted by molar-refractivity contribution is 1.18. The maximum atomic E-state index is 2.45. The zero-order chi connectivity index (χ0) is 39.8. The fourth-order valence-corrected chi connectivity index (χ4v) is 8.96. The first-order valence-electron chi connectivity index (χ1n) is 20.6. The summed E-state index contributed by atoms with van der Waals surface area (Å²) in [4.78, 5) is 2.39. The van der Waals surface area contributed by atoms with Gasteiger partial charge in [-0.25, -0.2) is 0 Å². The van der Waals surface area contributed by atoms with Crippen LogP contribution in [0.25, 0.3) is 82.8 Å². The minimum atomic E-state index is 1.09. The van der Waals surface area contributed by atoms with Gasteiger partial charge in [-0.15, -0.1) is 0 Å². The van der Waals surface area contributed by atoms with Gasteiger partial charge in [-0.2, -0.15) is 0 Å². The third-order valence-corrected chi connectivity index (χ3v) is 11.8. The summed E-state index contributed by atoms with van der Waals surface area (Å²) in [5.74, 6) is 0. The number of hydrogen-bond acceptors (Lipinski definition) is 1. The standard InChI is InChI=1S/C58H40N2/c1-3-17-45(18-4-1)50-22-9-12-26-54(50)60-56-28-14-11-24-53(56)58-52(25-15-29-57(58)60)51-23-10-13-27-55(51)59(48-20-5-2-6-21-48)49-38-36-43(37-39-49)42-30-32-44(33-31-42)47-35-34-41-16-7-8-19-46(41)40-47/h1-40H. The highest BCUT2D eigenvalue weighted by Gasteiger charge is 2.22. The van der Waals surface area contributed by atoms with Crippen molar-refractivity contribution >= 4 is 49.6 Å². The van der Waals surface area contributed by atoms with Crippen LogP contribution in [0.2, 0.25) is 0 Å². The minimum absolute atomic E-state index is 1.09. The van der Waals surface area contributed by atoms with E-state index in [1.807, 2.05) is 0 Å². The third kappa shape index (κ3) is 6.23. The average Bonchev–Trinajstić information content (AvgIpc) is 3.67. The largest absolute Gasteiger partial charge is 0.310 e. The van der Waals surface area contributed by atoms with E-state index in [9.17, 15) is 0 Å². The van der Waals surface area contributed by atoms with Crippen molar-refractivity contribution in [2.24, 2.45) is 0 Å². The fraction of sp³-hybridized carbons (Fsp3) is 0. The van der Waals surface area contributed by atoms with Crippen molar-refractivity contribution in [3.8, 4) is 50.2 Å². The maximum Gasteiger partial charge on any atom is 0.0547 e. The van der Waals surface area contributed by atoms with E-state index in [1.165, 1.54) is 77.1 Å². The molecule has 0 fully saturated rings. The number of benzene rings is 10. The summed E-state index contributed by atoms with van der Waals surface area (Å²) in [5.41, 5.74) is 16.4. The van der Waals surface area contributed by atoms with E-state index in [2.05, 4.69) is 252 Å². The number of para-hydroxylation sites is 4. The first-order chi connectivity index (χ1) is 29.8. The Bertz CT molecular complexity index is 3290. The minimum Gasteiger partial charge on any atom is -0.310 e. The Kier molecular flexibility index (Phi) is 8.87. The van der Waals surface area contributed by atoms with Gasteiger partial charge in [0.2, 0.25) is 0 Å². The van der Waals surface area contributed by atoms with Gasteiger partial charge in [0.25, 0.3) is 0 Å². The molecule has 0 atom stereocenters. The van der Waals surface area contributed by atoms with Crippen molar-refractivity contribution in [2.75, 3.05) is 4.90 Å². The molecule has 0 radical (unpaired) electrons. The van der Waals surface area contributed by atoms with Gasteiger partial charge in [0.1, 0.15) is 0 Å². The highest BCUT2D eigenvalue weighted by Crippen LogP contribution is 2.46. The van der Waals surface area contributed by atoms with Gasteiger partial charge < -0.3 is 9.47 Å². The SMILES string of the molecule is c1ccc(-c2ccccc2-n2c3ccccc3c3c(-c4ccccc4N(c4ccccc4)c4ccc(-c5ccc(-c6ccc7ccccc7c6)cc5)cc4)cccc32)cc1. The molecule has 0 aliphatic carbocycles. The second-order valence-electron chi connectivity index (χ2n) is 15.3. The van der Waals surface area contributed by atoms with E-state index in [4.69, 9.17) is 0 Å². The average molecular weight is 765 g/mol. The molecule has 0 bridgehead atoms. The molecule has 60 heavy (non-hydrogen) atoms. The normalized spacial score (nSPS) is 11.3. The summed E-state index contributed by atoms with van der Waals surface area (Å²) in [5, 5.41) is 4.98. The van der Waals surface area contributed by atoms with Crippen LogP contribution in [0.4, 0.5) is 17.1 Å². The van der Waals surface area contributed by atoms with E-state index >= 15 is 0 Å². The molecule has 1 aromatic heterocycles. The summed E-state index contributed by atoms with van der Waals surface area (Å²) in [7, 11) is 0. The van der Waals surface area contributed by atoms with E-state index in [0.29, 0.717) is 0 Å². The van der Waals surface area contributed by atoms with E-state index in [-0.39, 0.29) is 0 Å². The van der Waals surface area contributed by atoms with Gasteiger partial charge in [-0.3, -0.25) is 0 Å². The van der Waals surface area contributed by atoms with Crippen molar-refractivity contribution in [3.05, 3.63) is 243 Å². The fourth-order valence-electron chi connectivity index (χ4n) is 8.96. The molecule has 10 aromatic carbocycles. The molecule has 2 heteroatoms. The van der Waals surface area contributed by atoms with Crippen LogP contribution in [0.5, 0.6) is 0 Å². The Morgan fingerprint density at radius 3 is 1.62 bits per heavy atom. The molecule has 11 rings (SSSR count). The van der Waals surface area contributed by atoms with Crippen LogP contribution in [0.3, 0.4) is 0 Å². The van der Waals surface area contributed by atoms with Crippen molar-refractivity contribution < 1.29 is 0 Å². The van der Waals surface area contributed by atoms with Crippen molar-refractivity contribution in [1.29, 1.82) is 0 Å². The Labute approximate surface area is 350 Å². The molecule has 0 unspecified atom stereocenters. The zero-order valence-electron chi connectivity index (χ0n) is 33.0. The Morgan fingerprint density at radius 1 is 0.300 bits per heavy atom. The number of nitrogens with zero attached hydrogens (tertiary/aromatic N) is 2. The van der Waals surface area contributed by atoms with Crippen LogP contribution in [0.1, 0.15) is 0 Å². The molecule has 0 saturated heterocycles. The lowest BCUT2D eigenvalue weighted by atomic mass is 9.96. The monoisotopic (exact) mass is 764 g/mol. The predicted octanol–water partition coefficient (Wildman–Crippen LogP) is 16.1. The maximum absolute atomic E-state index is 2.45. The molecular formula is C58H40N2. The summed E-state index contributed by atoms with van der Waals surface area (Å²) in [6.07, 6.45) is 0. The molecule has 1 heterocycles. The number of rotatable bonds is 8. The van der Waals surface area contributed by atoms with Crippen LogP contribution in [-0.2, 0) is 0 Å². The molecule has 0 amide bonds. The summed E-state index contributed by atoms with van der Waals surface area (Å²) in [6, 6.07) is 87.8. The number of fused-ring (bicyclic) bond motifs is 4. The molecule has 0 spiro atoms.